The number of nitrogens with zero attached hydrogens (tertiary/aromatic N) is 6. The van der Waals surface area contributed by atoms with E-state index in [0.717, 1.165) is 24.5 Å². The molecule has 2 N–H and O–H groups in total. The van der Waals surface area contributed by atoms with Crippen molar-refractivity contribution < 1.29 is 14.3 Å². The molecule has 0 aliphatic carbocycles. The maximum atomic E-state index is 11.3. The van der Waals surface area contributed by atoms with E-state index in [0.29, 0.717) is 35.5 Å². The molecular weight excluding hydrogens is 575 g/mol. The third-order valence-electron chi connectivity index (χ3n) is 5.57. The molecule has 11 nitrogen and oxygen atoms in total. The summed E-state index contributed by atoms with van der Waals surface area (Å²) >= 11 is 0. The number of hydrogen-bond acceptors (Lipinski definition) is 8. The minimum absolute atomic E-state index is 0. The first-order valence-corrected chi connectivity index (χ1v) is 11.5. The molecule has 4 aromatic rings. The van der Waals surface area contributed by atoms with Gasteiger partial charge >= 0.3 is 0 Å². The van der Waals surface area contributed by atoms with E-state index in [2.05, 4.69) is 57.1 Å². The van der Waals surface area contributed by atoms with E-state index >= 15 is 0 Å². The molecule has 0 saturated carbocycles. The number of pyridine rings is 1. The van der Waals surface area contributed by atoms with Gasteiger partial charge in [0.2, 0.25) is 11.7 Å². The zero-order chi connectivity index (χ0) is 24.6. The topological polar surface area (TPSA) is 120 Å². The van der Waals surface area contributed by atoms with Crippen molar-refractivity contribution in [2.24, 2.45) is 0 Å². The molecule has 0 spiro atoms. The van der Waals surface area contributed by atoms with Gasteiger partial charge in [-0.1, -0.05) is 20.8 Å². The number of hydrogen-bond donors (Lipinski definition) is 2. The van der Waals surface area contributed by atoms with Crippen molar-refractivity contribution in [3.63, 3.8) is 0 Å². The highest BCUT2D eigenvalue weighted by Gasteiger charge is 2.27. The highest BCUT2D eigenvalue weighted by molar-refractivity contribution is 14.0. The van der Waals surface area contributed by atoms with Crippen LogP contribution in [-0.2, 0) is 14.9 Å². The quantitative estimate of drug-likeness (QED) is 0.304. The number of amides is 1. The first kappa shape index (κ1) is 25.8. The number of carbonyl (C=O) groups excluding carboxylic acids is 1. The second-order valence-electron chi connectivity index (χ2n) is 9.53. The average Bonchev–Trinajstić information content (AvgIpc) is 3.52. The predicted octanol–water partition coefficient (Wildman–Crippen LogP) is 4.69. The number of nitrogens with one attached hydrogen (secondary N) is 2. The molecule has 1 saturated heterocycles. The minimum atomic E-state index is -0.202. The average molecular weight is 604 g/mol. The molecule has 12 heteroatoms. The maximum absolute atomic E-state index is 11.3. The van der Waals surface area contributed by atoms with Gasteiger partial charge in [0.05, 0.1) is 31.2 Å². The van der Waals surface area contributed by atoms with E-state index in [1.165, 1.54) is 6.92 Å². The summed E-state index contributed by atoms with van der Waals surface area (Å²) in [6.45, 7) is 9.40. The van der Waals surface area contributed by atoms with Crippen molar-refractivity contribution >= 4 is 53.1 Å². The summed E-state index contributed by atoms with van der Waals surface area (Å²) in [6.07, 6.45) is 7.73. The van der Waals surface area contributed by atoms with Crippen LogP contribution in [0.4, 0.5) is 17.5 Å². The van der Waals surface area contributed by atoms with Crippen LogP contribution in [-0.4, -0.2) is 48.3 Å². The van der Waals surface area contributed by atoms with E-state index in [4.69, 9.17) is 14.6 Å². The first-order valence-electron chi connectivity index (χ1n) is 11.5. The number of carbonyl (C=O) groups is 1. The highest BCUT2D eigenvalue weighted by Crippen LogP contribution is 2.31. The van der Waals surface area contributed by atoms with E-state index in [1.807, 2.05) is 6.20 Å². The molecule has 1 amide bonds. The fourth-order valence-corrected chi connectivity index (χ4v) is 3.98. The number of halogens is 1. The molecule has 5 rings (SSSR count). The third-order valence-corrected chi connectivity index (χ3v) is 5.57. The molecule has 1 unspecified atom stereocenters. The Kier molecular flexibility index (Phi) is 7.45. The fourth-order valence-electron chi connectivity index (χ4n) is 3.98. The van der Waals surface area contributed by atoms with Gasteiger partial charge in [0.1, 0.15) is 11.6 Å². The van der Waals surface area contributed by atoms with Crippen LogP contribution in [0.5, 0.6) is 11.5 Å². The SMILES string of the molecule is CC(=O)Nc1cc(Oc2cnc3nc(Nc4cc(C(C)(C)C)n(C5CCOC5)n4)cn3c2)ccn1.I. The maximum Gasteiger partial charge on any atom is 0.235 e. The van der Waals surface area contributed by atoms with Gasteiger partial charge in [0.15, 0.2) is 17.4 Å². The van der Waals surface area contributed by atoms with Gasteiger partial charge in [-0.3, -0.25) is 13.9 Å². The van der Waals surface area contributed by atoms with Crippen molar-refractivity contribution in [1.82, 2.24) is 29.1 Å². The van der Waals surface area contributed by atoms with Crippen LogP contribution in [0.15, 0.2) is 43.0 Å². The van der Waals surface area contributed by atoms with Crippen molar-refractivity contribution in [1.29, 1.82) is 0 Å². The predicted molar refractivity (Wildman–Crippen MR) is 146 cm³/mol. The molecular formula is C24H29IN8O3. The van der Waals surface area contributed by atoms with E-state index < -0.39 is 0 Å². The fraction of sp³-hybridized carbons (Fsp3) is 0.375. The molecule has 1 atom stereocenters. The van der Waals surface area contributed by atoms with Crippen LogP contribution in [0.3, 0.4) is 0 Å². The lowest BCUT2D eigenvalue weighted by Crippen LogP contribution is -2.22. The second kappa shape index (κ2) is 10.4. The number of aromatic nitrogens is 6. The lowest BCUT2D eigenvalue weighted by Gasteiger charge is -2.22. The summed E-state index contributed by atoms with van der Waals surface area (Å²) in [5.41, 5.74) is 1.08. The zero-order valence-electron chi connectivity index (χ0n) is 20.6. The zero-order valence-corrected chi connectivity index (χ0v) is 22.9. The third kappa shape index (κ3) is 5.75. The molecule has 0 aromatic carbocycles. The Hall–Kier alpha value is -3.26. The number of rotatable bonds is 6. The number of imidazole rings is 1. The standard InChI is InChI=1S/C24H28N8O3.HI/c1-15(33)27-20-9-17(5-7-25-20)35-18-11-26-23-29-22(13-31(23)12-18)28-21-10-19(24(2,3)4)32(30-21)16-6-8-34-14-16;/h5,7,9-13,16H,6,8,14H2,1-4H3,(H,28,30)(H,25,27,33);1H. The van der Waals surface area contributed by atoms with E-state index in [-0.39, 0.29) is 41.3 Å². The van der Waals surface area contributed by atoms with Crippen LogP contribution in [0, 0.1) is 0 Å². The largest absolute Gasteiger partial charge is 0.454 e. The number of ether oxygens (including phenoxy) is 2. The Morgan fingerprint density at radius 1 is 1.14 bits per heavy atom. The van der Waals surface area contributed by atoms with E-state index in [9.17, 15) is 4.79 Å². The van der Waals surface area contributed by atoms with Gasteiger partial charge in [-0.2, -0.15) is 10.1 Å². The lowest BCUT2D eigenvalue weighted by atomic mass is 9.91. The van der Waals surface area contributed by atoms with Crippen molar-refractivity contribution in [2.45, 2.75) is 45.6 Å². The van der Waals surface area contributed by atoms with Crippen molar-refractivity contribution in [2.75, 3.05) is 23.8 Å². The molecule has 1 aliphatic heterocycles. The Morgan fingerprint density at radius 2 is 1.97 bits per heavy atom. The van der Waals surface area contributed by atoms with Gasteiger partial charge in [0.25, 0.3) is 0 Å². The number of fused-ring (bicyclic) bond motifs is 1. The Labute approximate surface area is 225 Å². The van der Waals surface area contributed by atoms with Crippen LogP contribution in [0.25, 0.3) is 5.78 Å². The van der Waals surface area contributed by atoms with Crippen LogP contribution >= 0.6 is 24.0 Å². The Balaban J connectivity index is 0.00000304. The molecule has 36 heavy (non-hydrogen) atoms. The smallest absolute Gasteiger partial charge is 0.235 e. The molecule has 0 bridgehead atoms. The summed E-state index contributed by atoms with van der Waals surface area (Å²) in [6, 6.07) is 5.65. The van der Waals surface area contributed by atoms with Gasteiger partial charge in [0, 0.05) is 43.0 Å². The summed E-state index contributed by atoms with van der Waals surface area (Å²) in [4.78, 5) is 24.3. The van der Waals surface area contributed by atoms with Crippen molar-refractivity contribution in [3.05, 3.63) is 48.7 Å². The van der Waals surface area contributed by atoms with Gasteiger partial charge in [-0.25, -0.2) is 9.97 Å². The van der Waals surface area contributed by atoms with Gasteiger partial charge in [-0.15, -0.1) is 24.0 Å². The van der Waals surface area contributed by atoms with E-state index in [1.54, 1.807) is 35.1 Å². The monoisotopic (exact) mass is 604 g/mol. The number of anilines is 3. The summed E-state index contributed by atoms with van der Waals surface area (Å²) < 4.78 is 15.3. The summed E-state index contributed by atoms with van der Waals surface area (Å²) in [5.74, 6) is 3.13. The Bertz CT molecular complexity index is 1370. The summed E-state index contributed by atoms with van der Waals surface area (Å²) in [7, 11) is 0. The second-order valence-corrected chi connectivity index (χ2v) is 9.53. The molecule has 1 aliphatic rings. The van der Waals surface area contributed by atoms with Crippen LogP contribution < -0.4 is 15.4 Å². The normalized spacial score (nSPS) is 15.5. The molecule has 0 radical (unpaired) electrons. The first-order chi connectivity index (χ1) is 16.7. The molecule has 5 heterocycles. The molecule has 4 aromatic heterocycles. The minimum Gasteiger partial charge on any atom is -0.454 e. The van der Waals surface area contributed by atoms with Crippen LogP contribution in [0.2, 0.25) is 0 Å². The van der Waals surface area contributed by atoms with Crippen LogP contribution in [0.1, 0.15) is 45.9 Å². The lowest BCUT2D eigenvalue weighted by molar-refractivity contribution is -0.114. The molecule has 190 valence electrons. The highest BCUT2D eigenvalue weighted by atomic mass is 127. The van der Waals surface area contributed by atoms with Gasteiger partial charge in [-0.05, 0) is 12.5 Å². The molecule has 1 fully saturated rings. The van der Waals surface area contributed by atoms with Crippen molar-refractivity contribution in [3.8, 4) is 11.5 Å². The van der Waals surface area contributed by atoms with Gasteiger partial charge < -0.3 is 20.1 Å². The summed E-state index contributed by atoms with van der Waals surface area (Å²) in [5, 5.41) is 10.8. The Morgan fingerprint density at radius 3 is 2.69 bits per heavy atom.